The lowest BCUT2D eigenvalue weighted by Crippen LogP contribution is -2.15. The highest BCUT2D eigenvalue weighted by Crippen LogP contribution is 2.15. The van der Waals surface area contributed by atoms with Crippen LogP contribution < -0.4 is 0 Å². The Balaban J connectivity index is 0.00000400. The van der Waals surface area contributed by atoms with Crippen LogP contribution in [0.3, 0.4) is 0 Å². The molecule has 0 radical (unpaired) electrons. The van der Waals surface area contributed by atoms with Gasteiger partial charge in [0.2, 0.25) is 0 Å². The van der Waals surface area contributed by atoms with E-state index in [0.717, 1.165) is 19.1 Å². The summed E-state index contributed by atoms with van der Waals surface area (Å²) in [7, 11) is 0. The van der Waals surface area contributed by atoms with Crippen LogP contribution in [0.5, 0.6) is 0 Å². The van der Waals surface area contributed by atoms with Crippen LogP contribution in [0.1, 0.15) is 71.1 Å². The van der Waals surface area contributed by atoms with Crippen molar-refractivity contribution < 1.29 is 4.74 Å². The van der Waals surface area contributed by atoms with Crippen molar-refractivity contribution in [1.82, 2.24) is 4.90 Å². The van der Waals surface area contributed by atoms with Gasteiger partial charge < -0.3 is 9.64 Å². The molecule has 2 nitrogen and oxygen atoms in total. The van der Waals surface area contributed by atoms with Crippen molar-refractivity contribution in [3.05, 3.63) is 11.6 Å². The molecule has 0 fully saturated rings. The van der Waals surface area contributed by atoms with E-state index in [2.05, 4.69) is 23.4 Å². The fraction of sp³-hybridized carbons (Fsp3) is 0.882. The minimum atomic E-state index is 0. The summed E-state index contributed by atoms with van der Waals surface area (Å²) in [6.07, 6.45) is 15.7. The molecule has 0 bridgehead atoms. The first kappa shape index (κ1) is 21.6. The van der Waals surface area contributed by atoms with Gasteiger partial charge in [-0.3, -0.25) is 0 Å². The molecule has 0 spiro atoms. The number of ether oxygens (including phenoxy) is 1. The predicted molar refractivity (Wildman–Crippen MR) is 106 cm³/mol. The van der Waals surface area contributed by atoms with Gasteiger partial charge in [0.1, 0.15) is 0 Å². The fourth-order valence-electron chi connectivity index (χ4n) is 2.41. The van der Waals surface area contributed by atoms with Crippen molar-refractivity contribution in [1.29, 1.82) is 0 Å². The molecule has 0 aromatic carbocycles. The summed E-state index contributed by atoms with van der Waals surface area (Å²) in [5.41, 5.74) is 0. The Hall–Kier alpha value is 0.580. The van der Waals surface area contributed by atoms with E-state index < -0.39 is 0 Å². The normalized spacial score (nSPS) is 13.7. The van der Waals surface area contributed by atoms with E-state index in [1.54, 1.807) is 0 Å². The van der Waals surface area contributed by atoms with Crippen LogP contribution in [0.25, 0.3) is 0 Å². The molecule has 1 rings (SSSR count). The third-order valence-electron chi connectivity index (χ3n) is 3.73. The number of hydrogen-bond acceptors (Lipinski definition) is 3. The molecule has 126 valence electrons. The van der Waals surface area contributed by atoms with Gasteiger partial charge in [-0.25, -0.2) is 0 Å². The van der Waals surface area contributed by atoms with Gasteiger partial charge in [-0.2, -0.15) is 0 Å². The highest BCUT2D eigenvalue weighted by molar-refractivity contribution is 14.0. The van der Waals surface area contributed by atoms with Gasteiger partial charge in [0.25, 0.3) is 0 Å². The van der Waals surface area contributed by atoms with Gasteiger partial charge in [0, 0.05) is 26.0 Å². The molecule has 4 heteroatoms. The maximum absolute atomic E-state index is 5.70. The molecule has 0 saturated carbocycles. The second-order valence-corrected chi connectivity index (χ2v) is 6.55. The van der Waals surface area contributed by atoms with Gasteiger partial charge in [-0.15, -0.1) is 35.7 Å². The lowest BCUT2D eigenvalue weighted by molar-refractivity contribution is 0.125. The zero-order valence-corrected chi connectivity index (χ0v) is 16.9. The molecule has 0 saturated heterocycles. The van der Waals surface area contributed by atoms with Gasteiger partial charge in [-0.05, 0) is 24.7 Å². The first-order valence-corrected chi connectivity index (χ1v) is 9.58. The molecular weight excluding hydrogens is 393 g/mol. The molecule has 1 aliphatic heterocycles. The predicted octanol–water partition coefficient (Wildman–Crippen LogP) is 6.02. The summed E-state index contributed by atoms with van der Waals surface area (Å²) >= 11 is 1.88. The molecular formula is C17H34INOS. The van der Waals surface area contributed by atoms with Crippen LogP contribution in [0.4, 0.5) is 0 Å². The largest absolute Gasteiger partial charge is 0.381 e. The summed E-state index contributed by atoms with van der Waals surface area (Å²) in [6, 6.07) is 0. The highest BCUT2D eigenvalue weighted by Gasteiger charge is 2.03. The molecule has 0 N–H and O–H groups in total. The highest BCUT2D eigenvalue weighted by atomic mass is 127. The third-order valence-corrected chi connectivity index (χ3v) is 4.53. The zero-order valence-electron chi connectivity index (χ0n) is 13.7. The van der Waals surface area contributed by atoms with Crippen molar-refractivity contribution in [3.63, 3.8) is 0 Å². The summed E-state index contributed by atoms with van der Waals surface area (Å²) < 4.78 is 5.70. The minimum Gasteiger partial charge on any atom is -0.381 e. The third kappa shape index (κ3) is 13.9. The number of halogens is 1. The number of hydrogen-bond donors (Lipinski definition) is 0. The first-order valence-electron chi connectivity index (χ1n) is 8.53. The number of rotatable bonds is 14. The molecule has 0 atom stereocenters. The van der Waals surface area contributed by atoms with Crippen molar-refractivity contribution >= 4 is 35.7 Å². The standard InChI is InChI=1S/C17H33NOS.HI/c1-2-3-4-5-6-7-8-10-14-19-15-11-9-12-18-13-16-20-17-18;/h13,16H,2-12,14-15,17H2,1H3;1H. The summed E-state index contributed by atoms with van der Waals surface area (Å²) in [4.78, 5) is 2.38. The average Bonchev–Trinajstić information content (AvgIpc) is 2.97. The quantitative estimate of drug-likeness (QED) is 0.249. The van der Waals surface area contributed by atoms with Crippen LogP contribution in [-0.4, -0.2) is 30.5 Å². The Morgan fingerprint density at radius 3 is 2.14 bits per heavy atom. The van der Waals surface area contributed by atoms with E-state index in [9.17, 15) is 0 Å². The molecule has 0 aliphatic carbocycles. The van der Waals surface area contributed by atoms with Crippen LogP contribution in [0.2, 0.25) is 0 Å². The summed E-state index contributed by atoms with van der Waals surface area (Å²) in [6.45, 7) is 5.37. The molecule has 0 aromatic heterocycles. The molecule has 21 heavy (non-hydrogen) atoms. The molecule has 0 amide bonds. The van der Waals surface area contributed by atoms with Crippen LogP contribution in [0, 0.1) is 0 Å². The zero-order chi connectivity index (χ0) is 14.3. The lowest BCUT2D eigenvalue weighted by Gasteiger charge is -2.13. The van der Waals surface area contributed by atoms with Crippen LogP contribution in [0.15, 0.2) is 11.6 Å². The van der Waals surface area contributed by atoms with Gasteiger partial charge in [0.05, 0.1) is 5.88 Å². The van der Waals surface area contributed by atoms with Crippen LogP contribution in [-0.2, 0) is 4.74 Å². The number of unbranched alkanes of at least 4 members (excludes halogenated alkanes) is 8. The van der Waals surface area contributed by atoms with Crippen molar-refractivity contribution in [3.8, 4) is 0 Å². The minimum absolute atomic E-state index is 0. The lowest BCUT2D eigenvalue weighted by atomic mass is 10.1. The molecule has 1 heterocycles. The molecule has 0 aromatic rings. The van der Waals surface area contributed by atoms with E-state index in [1.807, 2.05) is 11.8 Å². The first-order chi connectivity index (χ1) is 9.93. The summed E-state index contributed by atoms with van der Waals surface area (Å²) in [5.74, 6) is 1.14. The molecule has 0 unspecified atom stereocenters. The Morgan fingerprint density at radius 2 is 1.52 bits per heavy atom. The van der Waals surface area contributed by atoms with Gasteiger partial charge >= 0.3 is 0 Å². The second kappa shape index (κ2) is 16.9. The van der Waals surface area contributed by atoms with E-state index in [4.69, 9.17) is 4.74 Å². The SMILES string of the molecule is CCCCCCCCCCOCCCCN1C=CSC1.I. The van der Waals surface area contributed by atoms with Crippen molar-refractivity contribution in [2.24, 2.45) is 0 Å². The van der Waals surface area contributed by atoms with E-state index >= 15 is 0 Å². The monoisotopic (exact) mass is 427 g/mol. The van der Waals surface area contributed by atoms with E-state index in [0.29, 0.717) is 0 Å². The van der Waals surface area contributed by atoms with Crippen molar-refractivity contribution in [2.45, 2.75) is 71.1 Å². The number of thioether (sulfide) groups is 1. The van der Waals surface area contributed by atoms with Gasteiger partial charge in [0.15, 0.2) is 0 Å². The van der Waals surface area contributed by atoms with E-state index in [-0.39, 0.29) is 24.0 Å². The van der Waals surface area contributed by atoms with Gasteiger partial charge in [-0.1, -0.05) is 51.9 Å². The van der Waals surface area contributed by atoms with E-state index in [1.165, 1.54) is 70.8 Å². The Kier molecular flexibility index (Phi) is 17.4. The molecule has 1 aliphatic rings. The Morgan fingerprint density at radius 1 is 0.905 bits per heavy atom. The smallest absolute Gasteiger partial charge is 0.0675 e. The fourth-order valence-corrected chi connectivity index (χ4v) is 3.16. The second-order valence-electron chi connectivity index (χ2n) is 5.69. The maximum atomic E-state index is 5.70. The summed E-state index contributed by atoms with van der Waals surface area (Å²) in [5, 5.41) is 2.18. The maximum Gasteiger partial charge on any atom is 0.0675 e. The van der Waals surface area contributed by atoms with Crippen LogP contribution >= 0.6 is 35.7 Å². The number of nitrogens with zero attached hydrogens (tertiary/aromatic N) is 1. The topological polar surface area (TPSA) is 12.5 Å². The Bertz CT molecular complexity index is 239. The Labute approximate surface area is 153 Å². The average molecular weight is 427 g/mol. The van der Waals surface area contributed by atoms with Crippen molar-refractivity contribution in [2.75, 3.05) is 25.6 Å².